The van der Waals surface area contributed by atoms with Crippen molar-refractivity contribution in [2.24, 2.45) is 0 Å². The fraction of sp³-hybridized carbons (Fsp3) is 0.667. The average Bonchev–Trinajstić information content (AvgIpc) is 2.08. The van der Waals surface area contributed by atoms with Gasteiger partial charge in [-0.1, -0.05) is 0 Å². The SMILES string of the molecule is CNC1NC(=O)N(C)C(=O)N1C. The number of imide groups is 1. The van der Waals surface area contributed by atoms with Crippen LogP contribution < -0.4 is 10.6 Å². The maximum Gasteiger partial charge on any atom is 0.330 e. The Morgan fingerprint density at radius 2 is 2.00 bits per heavy atom. The Hall–Kier alpha value is -1.30. The van der Waals surface area contributed by atoms with E-state index in [0.29, 0.717) is 0 Å². The normalized spacial score (nSPS) is 24.4. The van der Waals surface area contributed by atoms with Crippen molar-refractivity contribution in [2.45, 2.75) is 6.29 Å². The molecule has 0 aromatic heterocycles. The van der Waals surface area contributed by atoms with Gasteiger partial charge in [-0.15, -0.1) is 0 Å². The lowest BCUT2D eigenvalue weighted by molar-refractivity contribution is 0.114. The van der Waals surface area contributed by atoms with Crippen LogP contribution >= 0.6 is 0 Å². The van der Waals surface area contributed by atoms with Crippen molar-refractivity contribution in [1.82, 2.24) is 20.4 Å². The summed E-state index contributed by atoms with van der Waals surface area (Å²) in [5.41, 5.74) is 0. The van der Waals surface area contributed by atoms with E-state index in [1.54, 1.807) is 14.1 Å². The van der Waals surface area contributed by atoms with Crippen LogP contribution in [0.1, 0.15) is 0 Å². The van der Waals surface area contributed by atoms with E-state index in [4.69, 9.17) is 0 Å². The smallest absolute Gasteiger partial charge is 0.304 e. The summed E-state index contributed by atoms with van der Waals surface area (Å²) in [6.45, 7) is 0. The zero-order valence-corrected chi connectivity index (χ0v) is 7.29. The Morgan fingerprint density at radius 3 is 2.50 bits per heavy atom. The number of nitrogens with zero attached hydrogens (tertiary/aromatic N) is 2. The van der Waals surface area contributed by atoms with Crippen molar-refractivity contribution in [3.63, 3.8) is 0 Å². The van der Waals surface area contributed by atoms with Crippen LogP contribution in [0.4, 0.5) is 9.59 Å². The number of hydrogen-bond donors (Lipinski definition) is 2. The Balaban J connectivity index is 2.77. The first-order valence-electron chi connectivity index (χ1n) is 3.56. The van der Waals surface area contributed by atoms with E-state index in [2.05, 4.69) is 10.6 Å². The molecule has 68 valence electrons. The molecular weight excluding hydrogens is 160 g/mol. The third kappa shape index (κ3) is 1.20. The van der Waals surface area contributed by atoms with Crippen LogP contribution in [0.2, 0.25) is 0 Å². The third-order valence-electron chi connectivity index (χ3n) is 1.81. The molecule has 1 aliphatic heterocycles. The van der Waals surface area contributed by atoms with Crippen molar-refractivity contribution in [1.29, 1.82) is 0 Å². The zero-order valence-electron chi connectivity index (χ0n) is 7.29. The molecule has 1 atom stereocenters. The molecule has 0 spiro atoms. The van der Waals surface area contributed by atoms with Gasteiger partial charge >= 0.3 is 12.1 Å². The number of hydrogen-bond acceptors (Lipinski definition) is 3. The van der Waals surface area contributed by atoms with Gasteiger partial charge in [-0.2, -0.15) is 0 Å². The third-order valence-corrected chi connectivity index (χ3v) is 1.81. The summed E-state index contributed by atoms with van der Waals surface area (Å²) in [5, 5.41) is 5.36. The Bertz CT molecular complexity index is 218. The quantitative estimate of drug-likeness (QED) is 0.544. The van der Waals surface area contributed by atoms with E-state index < -0.39 is 12.3 Å². The molecule has 0 bridgehead atoms. The highest BCUT2D eigenvalue weighted by Gasteiger charge is 2.32. The molecule has 0 aliphatic carbocycles. The summed E-state index contributed by atoms with van der Waals surface area (Å²) < 4.78 is 0. The number of amides is 4. The molecule has 2 N–H and O–H groups in total. The first-order valence-corrected chi connectivity index (χ1v) is 3.56. The molecule has 0 aromatic carbocycles. The second-order valence-electron chi connectivity index (χ2n) is 2.59. The maximum atomic E-state index is 11.3. The second kappa shape index (κ2) is 2.98. The van der Waals surface area contributed by atoms with E-state index in [0.717, 1.165) is 4.90 Å². The number of carbonyl (C=O) groups is 2. The molecule has 1 unspecified atom stereocenters. The minimum Gasteiger partial charge on any atom is -0.304 e. The van der Waals surface area contributed by atoms with Gasteiger partial charge < -0.3 is 5.32 Å². The summed E-state index contributed by atoms with van der Waals surface area (Å²) in [6, 6.07) is -0.712. The molecule has 1 fully saturated rings. The molecule has 1 heterocycles. The monoisotopic (exact) mass is 172 g/mol. The van der Waals surface area contributed by atoms with Gasteiger partial charge in [0.15, 0.2) is 6.29 Å². The maximum absolute atomic E-state index is 11.3. The number of rotatable bonds is 1. The van der Waals surface area contributed by atoms with Crippen molar-refractivity contribution >= 4 is 12.1 Å². The van der Waals surface area contributed by atoms with Gasteiger partial charge in [0, 0.05) is 14.1 Å². The van der Waals surface area contributed by atoms with Crippen LogP contribution in [-0.4, -0.2) is 49.3 Å². The topological polar surface area (TPSA) is 64.7 Å². The lowest BCUT2D eigenvalue weighted by Crippen LogP contribution is -2.66. The Kier molecular flexibility index (Phi) is 2.18. The molecule has 1 aliphatic rings. The fourth-order valence-electron chi connectivity index (χ4n) is 1.01. The van der Waals surface area contributed by atoms with Crippen molar-refractivity contribution in [2.75, 3.05) is 21.1 Å². The largest absolute Gasteiger partial charge is 0.330 e. The summed E-state index contributed by atoms with van der Waals surface area (Å²) in [6.07, 6.45) is -0.416. The number of urea groups is 2. The second-order valence-corrected chi connectivity index (χ2v) is 2.59. The molecule has 4 amide bonds. The average molecular weight is 172 g/mol. The van der Waals surface area contributed by atoms with Crippen molar-refractivity contribution in [3.8, 4) is 0 Å². The van der Waals surface area contributed by atoms with Gasteiger partial charge in [0.25, 0.3) is 0 Å². The van der Waals surface area contributed by atoms with Gasteiger partial charge in [0.1, 0.15) is 0 Å². The molecular formula is C6H12N4O2. The molecule has 0 radical (unpaired) electrons. The first kappa shape index (κ1) is 8.79. The van der Waals surface area contributed by atoms with Crippen LogP contribution in [0, 0.1) is 0 Å². The van der Waals surface area contributed by atoms with Gasteiger partial charge in [-0.05, 0) is 7.05 Å². The predicted octanol–water partition coefficient (Wildman–Crippen LogP) is -0.804. The lowest BCUT2D eigenvalue weighted by Gasteiger charge is -2.36. The lowest BCUT2D eigenvalue weighted by atomic mass is 10.5. The van der Waals surface area contributed by atoms with E-state index >= 15 is 0 Å². The highest BCUT2D eigenvalue weighted by Crippen LogP contribution is 2.03. The molecule has 1 rings (SSSR count). The standard InChI is InChI=1S/C6H12N4O2/c1-7-4-8-5(11)10(3)6(12)9(4)2/h4,7H,1-3H3,(H,8,11). The minimum atomic E-state index is -0.416. The number of nitrogens with one attached hydrogen (secondary N) is 2. The summed E-state index contributed by atoms with van der Waals surface area (Å²) in [7, 11) is 4.71. The summed E-state index contributed by atoms with van der Waals surface area (Å²) >= 11 is 0. The molecule has 1 saturated heterocycles. The zero-order chi connectivity index (χ0) is 9.30. The summed E-state index contributed by atoms with van der Waals surface area (Å²) in [5.74, 6) is 0. The Labute approximate surface area is 70.5 Å². The molecule has 6 nitrogen and oxygen atoms in total. The van der Waals surface area contributed by atoms with E-state index in [-0.39, 0.29) is 6.03 Å². The van der Waals surface area contributed by atoms with Gasteiger partial charge in [0.2, 0.25) is 0 Å². The van der Waals surface area contributed by atoms with E-state index in [1.807, 2.05) is 0 Å². The fourth-order valence-corrected chi connectivity index (χ4v) is 1.01. The van der Waals surface area contributed by atoms with E-state index in [9.17, 15) is 9.59 Å². The van der Waals surface area contributed by atoms with Crippen LogP contribution in [0.5, 0.6) is 0 Å². The van der Waals surface area contributed by atoms with Crippen LogP contribution in [0.15, 0.2) is 0 Å². The van der Waals surface area contributed by atoms with Gasteiger partial charge in [0.05, 0.1) is 0 Å². The van der Waals surface area contributed by atoms with Crippen molar-refractivity contribution in [3.05, 3.63) is 0 Å². The van der Waals surface area contributed by atoms with Crippen molar-refractivity contribution < 1.29 is 9.59 Å². The molecule has 0 aromatic rings. The first-order chi connectivity index (χ1) is 5.57. The molecule has 6 heteroatoms. The van der Waals surface area contributed by atoms with Crippen LogP contribution in [-0.2, 0) is 0 Å². The van der Waals surface area contributed by atoms with Gasteiger partial charge in [-0.3, -0.25) is 10.2 Å². The molecule has 12 heavy (non-hydrogen) atoms. The Morgan fingerprint density at radius 1 is 1.42 bits per heavy atom. The predicted molar refractivity (Wildman–Crippen MR) is 42.3 cm³/mol. The van der Waals surface area contributed by atoms with E-state index in [1.165, 1.54) is 11.9 Å². The van der Waals surface area contributed by atoms with Crippen LogP contribution in [0.25, 0.3) is 0 Å². The van der Waals surface area contributed by atoms with Gasteiger partial charge in [-0.25, -0.2) is 14.5 Å². The summed E-state index contributed by atoms with van der Waals surface area (Å²) in [4.78, 5) is 24.7. The highest BCUT2D eigenvalue weighted by molar-refractivity contribution is 5.95. The highest BCUT2D eigenvalue weighted by atomic mass is 16.2. The van der Waals surface area contributed by atoms with Crippen LogP contribution in [0.3, 0.4) is 0 Å². The molecule has 0 saturated carbocycles. The minimum absolute atomic E-state index is 0.321. The number of carbonyl (C=O) groups excluding carboxylic acids is 2.